The van der Waals surface area contributed by atoms with E-state index in [1.165, 1.54) is 78.7 Å². The molecule has 0 aromatic carbocycles. The predicted octanol–water partition coefficient (Wildman–Crippen LogP) is 5.22. The molecule has 0 aliphatic carbocycles. The van der Waals surface area contributed by atoms with Crippen LogP contribution in [0, 0.1) is 0 Å². The van der Waals surface area contributed by atoms with Gasteiger partial charge in [0.25, 0.3) is 0 Å². The first kappa shape index (κ1) is 14.4. The molecule has 0 aliphatic heterocycles. The topological polar surface area (TPSA) is 0 Å². The highest BCUT2D eigenvalue weighted by Gasteiger charge is 1.91. The van der Waals surface area contributed by atoms with Crippen LogP contribution in [-0.4, -0.2) is 12.3 Å². The molecule has 1 unspecified atom stereocenters. The second-order valence-electron chi connectivity index (χ2n) is 4.22. The highest BCUT2D eigenvalue weighted by Crippen LogP contribution is 2.17. The molecule has 86 valence electrons. The SMILES string of the molecule is CCCCCCCPCCCCCC. The minimum absolute atomic E-state index is 1.26. The molecule has 0 rings (SSSR count). The van der Waals surface area contributed by atoms with E-state index >= 15 is 0 Å². The molecule has 0 saturated carbocycles. The Morgan fingerprint density at radius 3 is 1.50 bits per heavy atom. The molecule has 0 aromatic heterocycles. The fraction of sp³-hybridized carbons (Fsp3) is 1.00. The van der Waals surface area contributed by atoms with Crippen molar-refractivity contribution in [3.63, 3.8) is 0 Å². The fourth-order valence-electron chi connectivity index (χ4n) is 1.66. The van der Waals surface area contributed by atoms with Crippen molar-refractivity contribution in [1.82, 2.24) is 0 Å². The maximum atomic E-state index is 2.29. The third kappa shape index (κ3) is 12.4. The highest BCUT2D eigenvalue weighted by molar-refractivity contribution is 7.37. The van der Waals surface area contributed by atoms with Gasteiger partial charge in [-0.05, 0) is 25.2 Å². The van der Waals surface area contributed by atoms with Gasteiger partial charge in [0.05, 0.1) is 0 Å². The van der Waals surface area contributed by atoms with Gasteiger partial charge in [-0.3, -0.25) is 0 Å². The second kappa shape index (κ2) is 13.4. The molecule has 1 heteroatoms. The molecule has 14 heavy (non-hydrogen) atoms. The van der Waals surface area contributed by atoms with Crippen LogP contribution in [0.1, 0.15) is 71.6 Å². The summed E-state index contributed by atoms with van der Waals surface area (Å²) < 4.78 is 0. The lowest BCUT2D eigenvalue weighted by molar-refractivity contribution is 0.658. The minimum Gasteiger partial charge on any atom is -0.122 e. The summed E-state index contributed by atoms with van der Waals surface area (Å²) in [6.45, 7) is 4.57. The fourth-order valence-corrected chi connectivity index (χ4v) is 2.91. The highest BCUT2D eigenvalue weighted by atomic mass is 31.1. The molecular formula is C13H29P. The summed E-state index contributed by atoms with van der Waals surface area (Å²) in [7, 11) is 1.26. The zero-order valence-corrected chi connectivity index (χ0v) is 11.3. The molecule has 0 fully saturated rings. The van der Waals surface area contributed by atoms with Crippen LogP contribution in [0.5, 0.6) is 0 Å². The average Bonchev–Trinajstić information content (AvgIpc) is 2.21. The van der Waals surface area contributed by atoms with Crippen molar-refractivity contribution in [2.24, 2.45) is 0 Å². The maximum Gasteiger partial charge on any atom is -0.0353 e. The number of rotatable bonds is 11. The molecule has 0 heterocycles. The predicted molar refractivity (Wildman–Crippen MR) is 71.0 cm³/mol. The Morgan fingerprint density at radius 1 is 0.571 bits per heavy atom. The van der Waals surface area contributed by atoms with Gasteiger partial charge in [-0.25, -0.2) is 0 Å². The van der Waals surface area contributed by atoms with Crippen LogP contribution < -0.4 is 0 Å². The van der Waals surface area contributed by atoms with Gasteiger partial charge in [0.2, 0.25) is 0 Å². The van der Waals surface area contributed by atoms with Gasteiger partial charge >= 0.3 is 0 Å². The van der Waals surface area contributed by atoms with Gasteiger partial charge in [0.1, 0.15) is 0 Å². The van der Waals surface area contributed by atoms with Crippen molar-refractivity contribution >= 4 is 8.58 Å². The van der Waals surface area contributed by atoms with Crippen LogP contribution in [0.15, 0.2) is 0 Å². The smallest absolute Gasteiger partial charge is 0.0353 e. The first-order valence-corrected chi connectivity index (χ1v) is 8.04. The van der Waals surface area contributed by atoms with Crippen LogP contribution in [0.2, 0.25) is 0 Å². The van der Waals surface area contributed by atoms with Crippen LogP contribution in [0.4, 0.5) is 0 Å². The number of hydrogen-bond donors (Lipinski definition) is 0. The Kier molecular flexibility index (Phi) is 13.8. The van der Waals surface area contributed by atoms with Crippen LogP contribution in [0.25, 0.3) is 0 Å². The summed E-state index contributed by atoms with van der Waals surface area (Å²) >= 11 is 0. The van der Waals surface area contributed by atoms with Crippen LogP contribution >= 0.6 is 8.58 Å². The molecule has 0 aromatic rings. The lowest BCUT2D eigenvalue weighted by Crippen LogP contribution is -1.83. The molecule has 0 amide bonds. The molecule has 0 radical (unpaired) electrons. The maximum absolute atomic E-state index is 2.29. The van der Waals surface area contributed by atoms with Gasteiger partial charge < -0.3 is 0 Å². The Labute approximate surface area is 93.0 Å². The van der Waals surface area contributed by atoms with Gasteiger partial charge in [0, 0.05) is 0 Å². The summed E-state index contributed by atoms with van der Waals surface area (Å²) in [5.41, 5.74) is 0. The molecule has 0 N–H and O–H groups in total. The lowest BCUT2D eigenvalue weighted by atomic mass is 10.2. The van der Waals surface area contributed by atoms with Crippen LogP contribution in [0.3, 0.4) is 0 Å². The largest absolute Gasteiger partial charge is 0.122 e. The van der Waals surface area contributed by atoms with Crippen LogP contribution in [-0.2, 0) is 0 Å². The van der Waals surface area contributed by atoms with Crippen molar-refractivity contribution in [2.75, 3.05) is 12.3 Å². The van der Waals surface area contributed by atoms with Crippen molar-refractivity contribution in [2.45, 2.75) is 71.6 Å². The molecule has 0 bridgehead atoms. The Balaban J connectivity index is 2.78. The number of unbranched alkanes of at least 4 members (excludes halogenated alkanes) is 7. The Hall–Kier alpha value is 0.430. The molecule has 0 aliphatic rings. The lowest BCUT2D eigenvalue weighted by Gasteiger charge is -2.01. The summed E-state index contributed by atoms with van der Waals surface area (Å²) in [6, 6.07) is 0. The van der Waals surface area contributed by atoms with Gasteiger partial charge in [-0.15, -0.1) is 8.58 Å². The Morgan fingerprint density at radius 2 is 1.00 bits per heavy atom. The quantitative estimate of drug-likeness (QED) is 0.328. The van der Waals surface area contributed by atoms with Crippen molar-refractivity contribution in [3.8, 4) is 0 Å². The van der Waals surface area contributed by atoms with E-state index in [-0.39, 0.29) is 0 Å². The van der Waals surface area contributed by atoms with Gasteiger partial charge in [-0.1, -0.05) is 58.8 Å². The van der Waals surface area contributed by atoms with E-state index in [2.05, 4.69) is 13.8 Å². The molecule has 1 atom stereocenters. The Bertz CT molecular complexity index is 79.2. The molecule has 0 spiro atoms. The monoisotopic (exact) mass is 216 g/mol. The van der Waals surface area contributed by atoms with E-state index in [0.29, 0.717) is 0 Å². The molecular weight excluding hydrogens is 187 g/mol. The zero-order valence-electron chi connectivity index (χ0n) is 10.3. The van der Waals surface area contributed by atoms with E-state index in [0.717, 1.165) is 0 Å². The zero-order chi connectivity index (χ0) is 10.5. The van der Waals surface area contributed by atoms with E-state index in [1.807, 2.05) is 0 Å². The summed E-state index contributed by atoms with van der Waals surface area (Å²) in [5.74, 6) is 0. The normalized spacial score (nSPS) is 11.6. The van der Waals surface area contributed by atoms with E-state index in [9.17, 15) is 0 Å². The summed E-state index contributed by atoms with van der Waals surface area (Å²) in [5, 5.41) is 0. The summed E-state index contributed by atoms with van der Waals surface area (Å²) in [6.07, 6.45) is 16.1. The van der Waals surface area contributed by atoms with Gasteiger partial charge in [0.15, 0.2) is 0 Å². The first-order valence-electron chi connectivity index (χ1n) is 6.62. The van der Waals surface area contributed by atoms with Gasteiger partial charge in [-0.2, -0.15) is 0 Å². The van der Waals surface area contributed by atoms with Crippen molar-refractivity contribution in [3.05, 3.63) is 0 Å². The third-order valence-corrected chi connectivity index (χ3v) is 4.08. The first-order chi connectivity index (χ1) is 6.91. The number of hydrogen-bond acceptors (Lipinski definition) is 0. The average molecular weight is 216 g/mol. The third-order valence-electron chi connectivity index (χ3n) is 2.66. The second-order valence-corrected chi connectivity index (χ2v) is 5.72. The van der Waals surface area contributed by atoms with E-state index < -0.39 is 0 Å². The standard InChI is InChI=1S/C13H29P/c1-3-5-7-9-11-13-14-12-10-8-6-4-2/h14H,3-13H2,1-2H3. The van der Waals surface area contributed by atoms with Crippen molar-refractivity contribution < 1.29 is 0 Å². The minimum atomic E-state index is 1.26. The van der Waals surface area contributed by atoms with Crippen molar-refractivity contribution in [1.29, 1.82) is 0 Å². The van der Waals surface area contributed by atoms with E-state index in [4.69, 9.17) is 0 Å². The summed E-state index contributed by atoms with van der Waals surface area (Å²) in [4.78, 5) is 0. The van der Waals surface area contributed by atoms with E-state index in [1.54, 1.807) is 0 Å². The molecule has 0 nitrogen and oxygen atoms in total. The molecule has 0 saturated heterocycles.